The van der Waals surface area contributed by atoms with E-state index in [9.17, 15) is 4.79 Å². The predicted octanol–water partition coefficient (Wildman–Crippen LogP) is 3.60. The quantitative estimate of drug-likeness (QED) is 0.600. The molecule has 3 aromatic heterocycles. The first-order chi connectivity index (χ1) is 14.7. The second-order valence-corrected chi connectivity index (χ2v) is 8.85. The van der Waals surface area contributed by atoms with Gasteiger partial charge in [0.15, 0.2) is 11.5 Å². The SMILES string of the molecule is CSCCC(NC(=O)C1CCN(c2ccc(Cl)cn2)CC1)c1nnc2ccccn12. The Bertz CT molecular complexity index is 987. The van der Waals surface area contributed by atoms with E-state index in [1.807, 2.05) is 40.9 Å². The maximum Gasteiger partial charge on any atom is 0.223 e. The Labute approximate surface area is 185 Å². The van der Waals surface area contributed by atoms with E-state index in [4.69, 9.17) is 11.6 Å². The number of piperidine rings is 1. The summed E-state index contributed by atoms with van der Waals surface area (Å²) in [6, 6.07) is 9.43. The van der Waals surface area contributed by atoms with Crippen LogP contribution in [0.2, 0.25) is 5.02 Å². The number of amides is 1. The van der Waals surface area contributed by atoms with Crippen LogP contribution in [0.15, 0.2) is 42.7 Å². The zero-order chi connectivity index (χ0) is 20.9. The Morgan fingerprint density at radius 3 is 2.83 bits per heavy atom. The molecule has 4 heterocycles. The van der Waals surface area contributed by atoms with Crippen molar-refractivity contribution in [1.29, 1.82) is 0 Å². The van der Waals surface area contributed by atoms with Gasteiger partial charge < -0.3 is 10.2 Å². The number of carbonyl (C=O) groups is 1. The molecular weight excluding hydrogens is 420 g/mol. The van der Waals surface area contributed by atoms with Crippen molar-refractivity contribution in [2.45, 2.75) is 25.3 Å². The fourth-order valence-electron chi connectivity index (χ4n) is 3.81. The minimum atomic E-state index is -0.154. The van der Waals surface area contributed by atoms with Crippen LogP contribution >= 0.6 is 23.4 Å². The molecule has 1 amide bonds. The van der Waals surface area contributed by atoms with Crippen LogP contribution in [0.5, 0.6) is 0 Å². The van der Waals surface area contributed by atoms with Gasteiger partial charge in [-0.3, -0.25) is 9.20 Å². The van der Waals surface area contributed by atoms with Crippen molar-refractivity contribution in [2.75, 3.05) is 30.0 Å². The molecule has 1 aliphatic heterocycles. The molecule has 1 N–H and O–H groups in total. The monoisotopic (exact) mass is 444 g/mol. The molecule has 1 unspecified atom stereocenters. The summed E-state index contributed by atoms with van der Waals surface area (Å²) in [6.07, 6.45) is 8.09. The number of hydrogen-bond donors (Lipinski definition) is 1. The number of fused-ring (bicyclic) bond motifs is 1. The summed E-state index contributed by atoms with van der Waals surface area (Å²) in [6.45, 7) is 1.60. The fraction of sp³-hybridized carbons (Fsp3) is 0.429. The molecule has 7 nitrogen and oxygen atoms in total. The summed E-state index contributed by atoms with van der Waals surface area (Å²) >= 11 is 7.69. The summed E-state index contributed by atoms with van der Waals surface area (Å²) < 4.78 is 1.96. The summed E-state index contributed by atoms with van der Waals surface area (Å²) in [5.74, 6) is 2.72. The highest BCUT2D eigenvalue weighted by Gasteiger charge is 2.28. The molecule has 3 aromatic rings. The summed E-state index contributed by atoms with van der Waals surface area (Å²) in [5.41, 5.74) is 0.791. The van der Waals surface area contributed by atoms with Crippen LogP contribution in [0.3, 0.4) is 0 Å². The molecule has 0 radical (unpaired) electrons. The topological polar surface area (TPSA) is 75.4 Å². The van der Waals surface area contributed by atoms with Gasteiger partial charge in [-0.25, -0.2) is 4.98 Å². The third kappa shape index (κ3) is 4.70. The summed E-state index contributed by atoms with van der Waals surface area (Å²) in [5, 5.41) is 12.5. The van der Waals surface area contributed by atoms with Crippen molar-refractivity contribution >= 4 is 40.7 Å². The highest BCUT2D eigenvalue weighted by molar-refractivity contribution is 7.98. The maximum absolute atomic E-state index is 13.1. The van der Waals surface area contributed by atoms with Gasteiger partial charge >= 0.3 is 0 Å². The Balaban J connectivity index is 1.41. The number of anilines is 1. The number of rotatable bonds is 7. The molecular formula is C21H25ClN6OS. The van der Waals surface area contributed by atoms with Crippen molar-refractivity contribution in [3.63, 3.8) is 0 Å². The Morgan fingerprint density at radius 1 is 1.27 bits per heavy atom. The number of carbonyl (C=O) groups excluding carboxylic acids is 1. The van der Waals surface area contributed by atoms with Crippen molar-refractivity contribution in [3.8, 4) is 0 Å². The molecule has 0 saturated carbocycles. The first-order valence-electron chi connectivity index (χ1n) is 10.1. The first-order valence-corrected chi connectivity index (χ1v) is 11.9. The number of hydrogen-bond acceptors (Lipinski definition) is 6. The average molecular weight is 445 g/mol. The van der Waals surface area contributed by atoms with Crippen molar-refractivity contribution < 1.29 is 4.79 Å². The van der Waals surface area contributed by atoms with Gasteiger partial charge in [0.2, 0.25) is 5.91 Å². The third-order valence-electron chi connectivity index (χ3n) is 5.48. The standard InChI is InChI=1S/C21H25ClN6OS/c1-30-13-9-17(20-26-25-19-4-2-3-10-28(19)20)24-21(29)15-7-11-27(12-8-15)18-6-5-16(22)14-23-18/h2-6,10,14-15,17H,7-9,11-13H2,1H3,(H,24,29). The van der Waals surface area contributed by atoms with E-state index in [1.54, 1.807) is 18.0 Å². The summed E-state index contributed by atoms with van der Waals surface area (Å²) in [4.78, 5) is 19.7. The van der Waals surface area contributed by atoms with Crippen LogP contribution in [0.25, 0.3) is 5.65 Å². The highest BCUT2D eigenvalue weighted by atomic mass is 35.5. The number of pyridine rings is 2. The summed E-state index contributed by atoms with van der Waals surface area (Å²) in [7, 11) is 0. The van der Waals surface area contributed by atoms with Crippen molar-refractivity contribution in [3.05, 3.63) is 53.6 Å². The maximum atomic E-state index is 13.1. The van der Waals surface area contributed by atoms with E-state index in [0.29, 0.717) is 5.02 Å². The second kappa shape index (κ2) is 9.66. The molecule has 0 aromatic carbocycles. The fourth-order valence-corrected chi connectivity index (χ4v) is 4.40. The third-order valence-corrected chi connectivity index (χ3v) is 6.35. The molecule has 0 aliphatic carbocycles. The minimum absolute atomic E-state index is 0.00971. The van der Waals surface area contributed by atoms with Crippen molar-refractivity contribution in [2.24, 2.45) is 5.92 Å². The molecule has 4 rings (SSSR count). The number of thioether (sulfide) groups is 1. The molecule has 1 aliphatic rings. The Hall–Kier alpha value is -2.32. The lowest BCUT2D eigenvalue weighted by Gasteiger charge is -2.32. The zero-order valence-electron chi connectivity index (χ0n) is 16.9. The lowest BCUT2D eigenvalue weighted by Crippen LogP contribution is -2.42. The average Bonchev–Trinajstić information content (AvgIpc) is 3.21. The zero-order valence-corrected chi connectivity index (χ0v) is 18.4. The number of aromatic nitrogens is 4. The Morgan fingerprint density at radius 2 is 2.10 bits per heavy atom. The lowest BCUT2D eigenvalue weighted by atomic mass is 9.95. The molecule has 158 valence electrons. The number of nitrogens with zero attached hydrogens (tertiary/aromatic N) is 5. The van der Waals surface area contributed by atoms with Gasteiger partial charge in [0.25, 0.3) is 0 Å². The van der Waals surface area contributed by atoms with Crippen LogP contribution in [0.4, 0.5) is 5.82 Å². The van der Waals surface area contributed by atoms with Gasteiger partial charge in [-0.05, 0) is 55.5 Å². The van der Waals surface area contributed by atoms with E-state index in [2.05, 4.69) is 31.7 Å². The molecule has 1 saturated heterocycles. The van der Waals surface area contributed by atoms with Crippen LogP contribution in [0.1, 0.15) is 31.1 Å². The van der Waals surface area contributed by atoms with Gasteiger partial charge in [-0.2, -0.15) is 11.8 Å². The minimum Gasteiger partial charge on any atom is -0.357 e. The van der Waals surface area contributed by atoms with E-state index >= 15 is 0 Å². The molecule has 1 fully saturated rings. The van der Waals surface area contributed by atoms with Gasteiger partial charge in [0, 0.05) is 31.4 Å². The van der Waals surface area contributed by atoms with Gasteiger partial charge in [0.1, 0.15) is 5.82 Å². The van der Waals surface area contributed by atoms with E-state index in [-0.39, 0.29) is 17.9 Å². The molecule has 30 heavy (non-hydrogen) atoms. The van der Waals surface area contributed by atoms with Gasteiger partial charge in [-0.1, -0.05) is 17.7 Å². The molecule has 9 heteroatoms. The van der Waals surface area contributed by atoms with E-state index < -0.39 is 0 Å². The number of halogens is 1. The molecule has 0 spiro atoms. The first kappa shape index (κ1) is 20.9. The molecule has 1 atom stereocenters. The van der Waals surface area contributed by atoms with Gasteiger partial charge in [-0.15, -0.1) is 10.2 Å². The largest absolute Gasteiger partial charge is 0.357 e. The van der Waals surface area contributed by atoms with Crippen LogP contribution in [0, 0.1) is 5.92 Å². The lowest BCUT2D eigenvalue weighted by molar-refractivity contribution is -0.126. The highest BCUT2D eigenvalue weighted by Crippen LogP contribution is 2.25. The van der Waals surface area contributed by atoms with Gasteiger partial charge in [0.05, 0.1) is 11.1 Å². The smallest absolute Gasteiger partial charge is 0.223 e. The van der Waals surface area contributed by atoms with Crippen LogP contribution in [-0.2, 0) is 4.79 Å². The molecule has 0 bridgehead atoms. The Kier molecular flexibility index (Phi) is 6.74. The van der Waals surface area contributed by atoms with Crippen molar-refractivity contribution in [1.82, 2.24) is 24.9 Å². The predicted molar refractivity (Wildman–Crippen MR) is 121 cm³/mol. The van der Waals surface area contributed by atoms with E-state index in [0.717, 1.165) is 55.4 Å². The normalized spacial score (nSPS) is 16.0. The number of nitrogens with one attached hydrogen (secondary N) is 1. The van der Waals surface area contributed by atoms with E-state index in [1.165, 1.54) is 0 Å². The second-order valence-electron chi connectivity index (χ2n) is 7.43. The van der Waals surface area contributed by atoms with Crippen LogP contribution in [-0.4, -0.2) is 50.6 Å². The van der Waals surface area contributed by atoms with Crippen LogP contribution < -0.4 is 10.2 Å².